The van der Waals surface area contributed by atoms with Gasteiger partial charge < -0.3 is 10.3 Å². The summed E-state index contributed by atoms with van der Waals surface area (Å²) in [5.41, 5.74) is 1.23. The van der Waals surface area contributed by atoms with Gasteiger partial charge in [-0.05, 0) is 50.0 Å². The van der Waals surface area contributed by atoms with Crippen LogP contribution in [0.25, 0.3) is 0 Å². The highest BCUT2D eigenvalue weighted by atomic mass is 35.5. The summed E-state index contributed by atoms with van der Waals surface area (Å²) in [7, 11) is 0. The molecular weight excluding hydrogens is 296 g/mol. The largest absolute Gasteiger partial charge is 0.348 e. The number of nitrogens with one attached hydrogen (secondary N) is 2. The molecule has 2 N–H and O–H groups in total. The number of hydrogen-bond donors (Lipinski definition) is 2. The Bertz CT molecular complexity index is 562. The Balaban J connectivity index is 1.38. The number of likely N-dealkylation sites (tertiary alicyclic amines) is 1. The SMILES string of the molecule is Clc1ccccc1CN1CCC(CNCc2ncc[nH]2)CC1. The fourth-order valence-corrected chi connectivity index (χ4v) is 3.20. The summed E-state index contributed by atoms with van der Waals surface area (Å²) >= 11 is 6.24. The summed E-state index contributed by atoms with van der Waals surface area (Å²) in [6, 6.07) is 8.15. The fourth-order valence-electron chi connectivity index (χ4n) is 3.01. The predicted molar refractivity (Wildman–Crippen MR) is 89.7 cm³/mol. The minimum Gasteiger partial charge on any atom is -0.348 e. The van der Waals surface area contributed by atoms with Crippen LogP contribution in [0.3, 0.4) is 0 Å². The van der Waals surface area contributed by atoms with Gasteiger partial charge in [-0.2, -0.15) is 0 Å². The third-order valence-corrected chi connectivity index (χ3v) is 4.71. The fraction of sp³-hybridized carbons (Fsp3) is 0.471. The smallest absolute Gasteiger partial charge is 0.120 e. The lowest BCUT2D eigenvalue weighted by Crippen LogP contribution is -2.36. The van der Waals surface area contributed by atoms with Gasteiger partial charge in [0.2, 0.25) is 0 Å². The molecule has 0 amide bonds. The maximum Gasteiger partial charge on any atom is 0.120 e. The molecular formula is C17H23ClN4. The molecule has 22 heavy (non-hydrogen) atoms. The van der Waals surface area contributed by atoms with Crippen molar-refractivity contribution in [2.75, 3.05) is 19.6 Å². The minimum absolute atomic E-state index is 0.762. The number of piperidine rings is 1. The van der Waals surface area contributed by atoms with Crippen LogP contribution in [0.5, 0.6) is 0 Å². The molecule has 0 unspecified atom stereocenters. The molecule has 0 aliphatic carbocycles. The molecule has 4 nitrogen and oxygen atoms in total. The van der Waals surface area contributed by atoms with Crippen molar-refractivity contribution in [3.63, 3.8) is 0 Å². The van der Waals surface area contributed by atoms with Crippen molar-refractivity contribution in [3.8, 4) is 0 Å². The Hall–Kier alpha value is -1.36. The number of aromatic nitrogens is 2. The van der Waals surface area contributed by atoms with E-state index in [2.05, 4.69) is 32.3 Å². The first-order valence-corrected chi connectivity index (χ1v) is 8.34. The van der Waals surface area contributed by atoms with E-state index in [-0.39, 0.29) is 0 Å². The van der Waals surface area contributed by atoms with Crippen molar-refractivity contribution in [3.05, 3.63) is 53.1 Å². The number of halogens is 1. The Morgan fingerprint density at radius 2 is 2.09 bits per heavy atom. The second-order valence-corrected chi connectivity index (χ2v) is 6.38. The van der Waals surface area contributed by atoms with E-state index in [9.17, 15) is 0 Å². The van der Waals surface area contributed by atoms with Gasteiger partial charge in [0, 0.05) is 24.0 Å². The van der Waals surface area contributed by atoms with E-state index >= 15 is 0 Å². The molecule has 0 saturated carbocycles. The molecule has 1 saturated heterocycles. The molecule has 118 valence electrons. The highest BCUT2D eigenvalue weighted by Gasteiger charge is 2.19. The summed E-state index contributed by atoms with van der Waals surface area (Å²) in [6.07, 6.45) is 6.15. The standard InChI is InChI=1S/C17H23ClN4/c18-16-4-2-1-3-15(16)13-22-9-5-14(6-10-22)11-19-12-17-20-7-8-21-17/h1-4,7-8,14,19H,5-6,9-13H2,(H,20,21). The van der Waals surface area contributed by atoms with Crippen molar-refractivity contribution in [2.24, 2.45) is 5.92 Å². The number of rotatable bonds is 6. The summed E-state index contributed by atoms with van der Waals surface area (Å²) in [5.74, 6) is 1.77. The van der Waals surface area contributed by atoms with Gasteiger partial charge in [0.05, 0.1) is 6.54 Å². The van der Waals surface area contributed by atoms with E-state index in [1.807, 2.05) is 18.3 Å². The Morgan fingerprint density at radius 1 is 1.27 bits per heavy atom. The van der Waals surface area contributed by atoms with Crippen LogP contribution in [0.1, 0.15) is 24.2 Å². The quantitative estimate of drug-likeness (QED) is 0.860. The van der Waals surface area contributed by atoms with Crippen LogP contribution >= 0.6 is 11.6 Å². The van der Waals surface area contributed by atoms with Crippen LogP contribution < -0.4 is 5.32 Å². The topological polar surface area (TPSA) is 44.0 Å². The average Bonchev–Trinajstić information content (AvgIpc) is 3.05. The number of H-pyrrole nitrogens is 1. The van der Waals surface area contributed by atoms with E-state index in [4.69, 9.17) is 11.6 Å². The summed E-state index contributed by atoms with van der Waals surface area (Å²) in [6.45, 7) is 5.16. The minimum atomic E-state index is 0.762. The average molecular weight is 319 g/mol. The maximum atomic E-state index is 6.24. The van der Waals surface area contributed by atoms with Crippen molar-refractivity contribution in [2.45, 2.75) is 25.9 Å². The van der Waals surface area contributed by atoms with Gasteiger partial charge in [-0.15, -0.1) is 0 Å². The monoisotopic (exact) mass is 318 g/mol. The number of benzene rings is 1. The second kappa shape index (κ2) is 7.77. The lowest BCUT2D eigenvalue weighted by molar-refractivity contribution is 0.175. The van der Waals surface area contributed by atoms with E-state index in [0.717, 1.165) is 49.5 Å². The molecule has 3 rings (SSSR count). The van der Waals surface area contributed by atoms with Crippen LogP contribution in [-0.4, -0.2) is 34.5 Å². The zero-order valence-electron chi connectivity index (χ0n) is 12.8. The lowest BCUT2D eigenvalue weighted by atomic mass is 9.96. The first-order valence-electron chi connectivity index (χ1n) is 7.96. The maximum absolute atomic E-state index is 6.24. The van der Waals surface area contributed by atoms with Crippen LogP contribution in [0.4, 0.5) is 0 Å². The van der Waals surface area contributed by atoms with Crippen LogP contribution in [-0.2, 0) is 13.1 Å². The van der Waals surface area contributed by atoms with Gasteiger partial charge in [0.25, 0.3) is 0 Å². The van der Waals surface area contributed by atoms with Crippen molar-refractivity contribution in [1.29, 1.82) is 0 Å². The molecule has 2 heterocycles. The number of hydrogen-bond acceptors (Lipinski definition) is 3. The zero-order valence-corrected chi connectivity index (χ0v) is 13.5. The molecule has 0 radical (unpaired) electrons. The Kier molecular flexibility index (Phi) is 5.48. The highest BCUT2D eigenvalue weighted by molar-refractivity contribution is 6.31. The van der Waals surface area contributed by atoms with E-state index in [0.29, 0.717) is 0 Å². The molecule has 1 fully saturated rings. The predicted octanol–water partition coefficient (Wildman–Crippen LogP) is 3.06. The molecule has 2 aromatic rings. The number of imidazole rings is 1. The third kappa shape index (κ3) is 4.32. The van der Waals surface area contributed by atoms with E-state index < -0.39 is 0 Å². The van der Waals surface area contributed by atoms with E-state index in [1.165, 1.54) is 18.4 Å². The van der Waals surface area contributed by atoms with Crippen molar-refractivity contribution < 1.29 is 0 Å². The van der Waals surface area contributed by atoms with Gasteiger partial charge >= 0.3 is 0 Å². The normalized spacial score (nSPS) is 17.0. The first-order chi connectivity index (χ1) is 10.8. The Labute approximate surface area is 136 Å². The molecule has 1 aliphatic rings. The van der Waals surface area contributed by atoms with Crippen molar-refractivity contribution >= 4 is 11.6 Å². The molecule has 1 aromatic carbocycles. The first kappa shape index (κ1) is 15.5. The van der Waals surface area contributed by atoms with Gasteiger partial charge in [0.1, 0.15) is 5.82 Å². The number of nitrogens with zero attached hydrogens (tertiary/aromatic N) is 2. The molecule has 0 bridgehead atoms. The summed E-state index contributed by atoms with van der Waals surface area (Å²) < 4.78 is 0. The molecule has 0 spiro atoms. The van der Waals surface area contributed by atoms with E-state index in [1.54, 1.807) is 6.20 Å². The Morgan fingerprint density at radius 3 is 2.82 bits per heavy atom. The number of aromatic amines is 1. The van der Waals surface area contributed by atoms with Crippen LogP contribution in [0, 0.1) is 5.92 Å². The van der Waals surface area contributed by atoms with Gasteiger partial charge in [-0.25, -0.2) is 4.98 Å². The van der Waals surface area contributed by atoms with Gasteiger partial charge in [0.15, 0.2) is 0 Å². The van der Waals surface area contributed by atoms with Crippen LogP contribution in [0.2, 0.25) is 5.02 Å². The van der Waals surface area contributed by atoms with Gasteiger partial charge in [-0.1, -0.05) is 29.8 Å². The lowest BCUT2D eigenvalue weighted by Gasteiger charge is -2.32. The zero-order chi connectivity index (χ0) is 15.2. The molecule has 5 heteroatoms. The highest BCUT2D eigenvalue weighted by Crippen LogP contribution is 2.21. The summed E-state index contributed by atoms with van der Waals surface area (Å²) in [5, 5.41) is 4.38. The van der Waals surface area contributed by atoms with Crippen molar-refractivity contribution in [1.82, 2.24) is 20.2 Å². The molecule has 0 atom stereocenters. The third-order valence-electron chi connectivity index (χ3n) is 4.34. The summed E-state index contributed by atoms with van der Waals surface area (Å²) in [4.78, 5) is 9.85. The second-order valence-electron chi connectivity index (χ2n) is 5.98. The molecule has 1 aliphatic heterocycles. The molecule has 1 aromatic heterocycles. The van der Waals surface area contributed by atoms with Gasteiger partial charge in [-0.3, -0.25) is 4.90 Å². The van der Waals surface area contributed by atoms with Crippen LogP contribution in [0.15, 0.2) is 36.7 Å².